The van der Waals surface area contributed by atoms with Gasteiger partial charge in [-0.3, -0.25) is 0 Å². The molecule has 0 heterocycles. The van der Waals surface area contributed by atoms with Crippen LogP contribution in [0.5, 0.6) is 0 Å². The molecule has 0 saturated heterocycles. The van der Waals surface area contributed by atoms with E-state index in [0.29, 0.717) is 0 Å². The third kappa shape index (κ3) is 31.2. The first-order valence-electron chi connectivity index (χ1n) is 11.1. The number of carbonyl (C=O) groups is 1. The molecule has 0 rings (SSSR count). The van der Waals surface area contributed by atoms with Crippen LogP contribution in [-0.4, -0.2) is 36.0 Å². The van der Waals surface area contributed by atoms with Crippen LogP contribution in [0.3, 0.4) is 0 Å². The molecule has 0 aromatic heterocycles. The molecule has 0 bridgehead atoms. The maximum Gasteiger partial charge on any atom is 0.329 e. The first-order chi connectivity index (χ1) is 12.7. The largest absolute Gasteiger partial charge is 0.480 e. The smallest absolute Gasteiger partial charge is 0.329 e. The minimum absolute atomic E-state index is 0.778. The number of carboxylic acid groups (broad SMARTS) is 1. The van der Waals surface area contributed by atoms with Gasteiger partial charge in [0.05, 0.1) is 0 Å². The molecule has 0 atom stereocenters. The van der Waals surface area contributed by atoms with Crippen molar-refractivity contribution in [2.45, 2.75) is 117 Å². The van der Waals surface area contributed by atoms with Gasteiger partial charge in [0.15, 0.2) is 0 Å². The molecule has 0 amide bonds. The van der Waals surface area contributed by atoms with Gasteiger partial charge < -0.3 is 14.9 Å². The fraction of sp³-hybridized carbons (Fsp3) is 0.955. The minimum Gasteiger partial charge on any atom is -0.480 e. The Bertz CT molecular complexity index is 239. The Labute approximate surface area is 162 Å². The highest BCUT2D eigenvalue weighted by Crippen LogP contribution is 2.10. The molecular weight excluding hydrogens is 328 g/mol. The summed E-state index contributed by atoms with van der Waals surface area (Å²) < 4.78 is 5.72. The van der Waals surface area contributed by atoms with Crippen molar-refractivity contribution in [3.63, 3.8) is 0 Å². The number of aliphatic carboxylic acids is 1. The van der Waals surface area contributed by atoms with Crippen LogP contribution in [-0.2, 0) is 9.53 Å². The Kier molecular flexibility index (Phi) is 28.3. The second-order valence-corrected chi connectivity index (χ2v) is 7.11. The summed E-state index contributed by atoms with van der Waals surface area (Å²) in [5.74, 6) is -1.19. The van der Waals surface area contributed by atoms with E-state index in [-0.39, 0.29) is 0 Å². The second kappa shape index (κ2) is 26.6. The molecule has 0 aliphatic rings. The molecule has 0 aromatic carbocycles. The maximum atomic E-state index is 9.12. The van der Waals surface area contributed by atoms with Crippen LogP contribution in [0, 0.1) is 0 Å². The van der Waals surface area contributed by atoms with Gasteiger partial charge in [-0.05, 0) is 12.8 Å². The summed E-state index contributed by atoms with van der Waals surface area (Å²) in [6.45, 7) is 5.77. The Morgan fingerprint density at radius 2 is 0.885 bits per heavy atom. The highest BCUT2D eigenvalue weighted by atomic mass is 16.5. The number of ether oxygens (including phenoxy) is 1. The van der Waals surface area contributed by atoms with E-state index in [2.05, 4.69) is 13.8 Å². The van der Waals surface area contributed by atoms with Crippen LogP contribution in [0.4, 0.5) is 0 Å². The van der Waals surface area contributed by atoms with Crippen molar-refractivity contribution in [3.8, 4) is 0 Å². The Balaban J connectivity index is 0. The van der Waals surface area contributed by atoms with Gasteiger partial charge in [-0.15, -0.1) is 0 Å². The van der Waals surface area contributed by atoms with Crippen molar-refractivity contribution in [1.82, 2.24) is 0 Å². The summed E-state index contributed by atoms with van der Waals surface area (Å²) in [6, 6.07) is 0. The minimum atomic E-state index is -1.19. The third-order valence-corrected chi connectivity index (χ3v) is 4.42. The van der Waals surface area contributed by atoms with Gasteiger partial charge in [0, 0.05) is 13.2 Å². The molecule has 0 aromatic rings. The van der Waals surface area contributed by atoms with Crippen molar-refractivity contribution in [3.05, 3.63) is 0 Å². The predicted molar refractivity (Wildman–Crippen MR) is 111 cm³/mol. The van der Waals surface area contributed by atoms with Gasteiger partial charge in [0.2, 0.25) is 0 Å². The van der Waals surface area contributed by atoms with Gasteiger partial charge in [-0.25, -0.2) is 4.79 Å². The van der Waals surface area contributed by atoms with Gasteiger partial charge in [0.25, 0.3) is 0 Å². The molecule has 0 fully saturated rings. The summed E-state index contributed by atoms with van der Waals surface area (Å²) in [5.41, 5.74) is 0. The number of carboxylic acids is 1. The van der Waals surface area contributed by atoms with Gasteiger partial charge in [-0.1, -0.05) is 104 Å². The van der Waals surface area contributed by atoms with Crippen molar-refractivity contribution >= 4 is 5.97 Å². The zero-order valence-electron chi connectivity index (χ0n) is 17.6. The topological polar surface area (TPSA) is 66.8 Å². The summed E-state index contributed by atoms with van der Waals surface area (Å²) >= 11 is 0. The van der Waals surface area contributed by atoms with Crippen molar-refractivity contribution in [2.75, 3.05) is 19.8 Å². The molecule has 0 radical (unpaired) electrons. The number of aliphatic hydroxyl groups is 1. The molecule has 26 heavy (non-hydrogen) atoms. The van der Waals surface area contributed by atoms with Crippen LogP contribution in [0.1, 0.15) is 117 Å². The first-order valence-corrected chi connectivity index (χ1v) is 11.1. The van der Waals surface area contributed by atoms with Crippen molar-refractivity contribution < 1.29 is 19.7 Å². The van der Waals surface area contributed by atoms with E-state index in [4.69, 9.17) is 19.7 Å². The monoisotopic (exact) mass is 374 g/mol. The molecule has 0 aliphatic heterocycles. The van der Waals surface area contributed by atoms with Crippen LogP contribution in [0.15, 0.2) is 0 Å². The molecule has 0 spiro atoms. The summed E-state index contributed by atoms with van der Waals surface area (Å²) in [4.78, 5) is 9.12. The molecule has 2 N–H and O–H groups in total. The molecule has 4 heteroatoms. The predicted octanol–water partition coefficient (Wildman–Crippen LogP) is 6.35. The number of unbranched alkanes of at least 4 members (excludes halogenated alkanes) is 14. The van der Waals surface area contributed by atoms with Gasteiger partial charge >= 0.3 is 5.97 Å². The van der Waals surface area contributed by atoms with E-state index in [1.54, 1.807) is 0 Å². The molecular formula is C22H46O4. The average molecular weight is 375 g/mol. The standard InChI is InChI=1S/C20H42O.C2H4O3/c1-3-5-7-9-11-13-15-17-19-21-20-18-16-14-12-10-8-6-4-2;3-1-2(4)5/h3-20H2,1-2H3;3H,1H2,(H,4,5). The fourth-order valence-electron chi connectivity index (χ4n) is 2.78. The lowest BCUT2D eigenvalue weighted by atomic mass is 10.1. The zero-order valence-corrected chi connectivity index (χ0v) is 17.6. The molecule has 0 aliphatic carbocycles. The fourth-order valence-corrected chi connectivity index (χ4v) is 2.78. The van der Waals surface area contributed by atoms with Crippen LogP contribution in [0.25, 0.3) is 0 Å². The highest BCUT2D eigenvalue weighted by molar-refractivity contribution is 5.67. The highest BCUT2D eigenvalue weighted by Gasteiger charge is 1.94. The number of hydrogen-bond acceptors (Lipinski definition) is 3. The van der Waals surface area contributed by atoms with Crippen LogP contribution in [0.2, 0.25) is 0 Å². The van der Waals surface area contributed by atoms with Crippen LogP contribution < -0.4 is 0 Å². The van der Waals surface area contributed by atoms with E-state index in [0.717, 1.165) is 13.2 Å². The second-order valence-electron chi connectivity index (χ2n) is 7.11. The van der Waals surface area contributed by atoms with E-state index >= 15 is 0 Å². The van der Waals surface area contributed by atoms with Gasteiger partial charge in [0.1, 0.15) is 6.61 Å². The lowest BCUT2D eigenvalue weighted by Gasteiger charge is -2.05. The third-order valence-electron chi connectivity index (χ3n) is 4.42. The summed E-state index contributed by atoms with van der Waals surface area (Å²) in [7, 11) is 0. The number of rotatable bonds is 19. The first kappa shape index (κ1) is 27.6. The number of aliphatic hydroxyl groups excluding tert-OH is 1. The SMILES string of the molecule is CCCCCCCCCCOCCCCCCCCCC.O=C(O)CO. The lowest BCUT2D eigenvalue weighted by Crippen LogP contribution is -1.98. The van der Waals surface area contributed by atoms with Crippen LogP contribution >= 0.6 is 0 Å². The summed E-state index contributed by atoms with van der Waals surface area (Å²) in [6.07, 6.45) is 22.2. The molecule has 158 valence electrons. The Morgan fingerprint density at radius 1 is 0.615 bits per heavy atom. The quantitative estimate of drug-likeness (QED) is 0.259. The molecule has 0 unspecified atom stereocenters. The maximum absolute atomic E-state index is 9.12. The van der Waals surface area contributed by atoms with E-state index in [9.17, 15) is 0 Å². The average Bonchev–Trinajstić information content (AvgIpc) is 2.64. The zero-order chi connectivity index (χ0) is 19.7. The van der Waals surface area contributed by atoms with Crippen molar-refractivity contribution in [2.24, 2.45) is 0 Å². The van der Waals surface area contributed by atoms with Gasteiger partial charge in [-0.2, -0.15) is 0 Å². The number of hydrogen-bond donors (Lipinski definition) is 2. The molecule has 4 nitrogen and oxygen atoms in total. The van der Waals surface area contributed by atoms with Crippen molar-refractivity contribution in [1.29, 1.82) is 0 Å². The normalized spacial score (nSPS) is 10.4. The Morgan fingerprint density at radius 3 is 1.15 bits per heavy atom. The Hall–Kier alpha value is -0.610. The lowest BCUT2D eigenvalue weighted by molar-refractivity contribution is -0.140. The summed E-state index contributed by atoms with van der Waals surface area (Å²) in [5, 5.41) is 15.0. The van der Waals surface area contributed by atoms with E-state index in [1.165, 1.54) is 103 Å². The van der Waals surface area contributed by atoms with E-state index in [1.807, 2.05) is 0 Å². The van der Waals surface area contributed by atoms with E-state index < -0.39 is 12.6 Å². The molecule has 0 saturated carbocycles.